The zero-order valence-corrected chi connectivity index (χ0v) is 21.7. The first-order chi connectivity index (χ1) is 17.7. The zero-order chi connectivity index (χ0) is 26.7. The molecule has 1 saturated heterocycles. The molecule has 2 aliphatic rings. The minimum Gasteiger partial charge on any atom is -0.456 e. The molecule has 0 radical (unpaired) electrons. The molecule has 3 unspecified atom stereocenters. The van der Waals surface area contributed by atoms with Gasteiger partial charge in [0.2, 0.25) is 11.8 Å². The molecule has 2 amide bonds. The monoisotopic (exact) mass is 523 g/mol. The van der Waals surface area contributed by atoms with Gasteiger partial charge in [-0.1, -0.05) is 44.2 Å². The molecule has 0 saturated carbocycles. The highest BCUT2D eigenvalue weighted by atomic mass is 32.2. The fraction of sp³-hybridized carbons (Fsp3) is 0.370. The van der Waals surface area contributed by atoms with Gasteiger partial charge in [0, 0.05) is 23.5 Å². The van der Waals surface area contributed by atoms with Gasteiger partial charge < -0.3 is 15.0 Å². The molecule has 37 heavy (non-hydrogen) atoms. The van der Waals surface area contributed by atoms with Gasteiger partial charge in [-0.3, -0.25) is 19.7 Å². The molecule has 0 aromatic heterocycles. The minimum atomic E-state index is -0.623. The van der Waals surface area contributed by atoms with Crippen molar-refractivity contribution in [3.8, 4) is 0 Å². The van der Waals surface area contributed by atoms with Crippen LogP contribution in [-0.2, 0) is 32.1 Å². The quantitative estimate of drug-likeness (QED) is 0.163. The van der Waals surface area contributed by atoms with Crippen LogP contribution in [0, 0.1) is 22.0 Å². The van der Waals surface area contributed by atoms with Crippen molar-refractivity contribution in [2.45, 2.75) is 51.6 Å². The number of β-lactam (4-membered cyclic amide) rings is 1. The van der Waals surface area contributed by atoms with Crippen LogP contribution in [0.5, 0.6) is 0 Å². The molecule has 1 N–H and O–H groups in total. The molecular weight excluding hydrogens is 494 g/mol. The standard InChI is InChI=1S/C27H29N3O6S/c1-16(2)24-21-14-22(37-17(3)28-23(31)13-18-7-5-4-6-8-18)25(29(21)26(24)32)27(33)36-15-19-9-11-20(12-10-19)30(34)35/h4-12,16-17,21,24H,13-15H2,1-3H3,(H,28,31). The van der Waals surface area contributed by atoms with Crippen molar-refractivity contribution in [3.05, 3.63) is 86.4 Å². The average molecular weight is 524 g/mol. The number of nitrogens with zero attached hydrogens (tertiary/aromatic N) is 2. The van der Waals surface area contributed by atoms with E-state index in [0.717, 1.165) is 5.56 Å². The lowest BCUT2D eigenvalue weighted by Crippen LogP contribution is -2.60. The summed E-state index contributed by atoms with van der Waals surface area (Å²) in [5, 5.41) is 13.5. The maximum Gasteiger partial charge on any atom is 0.356 e. The van der Waals surface area contributed by atoms with E-state index in [0.29, 0.717) is 16.9 Å². The number of fused-ring (bicyclic) bond motifs is 1. The normalized spacial score (nSPS) is 19.4. The Morgan fingerprint density at radius 1 is 1.11 bits per heavy atom. The fourth-order valence-corrected chi connectivity index (χ4v) is 5.94. The van der Waals surface area contributed by atoms with Crippen LogP contribution in [0.15, 0.2) is 65.2 Å². The van der Waals surface area contributed by atoms with E-state index in [-0.39, 0.29) is 59.5 Å². The summed E-state index contributed by atoms with van der Waals surface area (Å²) < 4.78 is 5.52. The average Bonchev–Trinajstić information content (AvgIpc) is 3.16. The number of nitrogens with one attached hydrogen (secondary N) is 1. The number of carbonyl (C=O) groups excluding carboxylic acids is 3. The van der Waals surface area contributed by atoms with Crippen molar-refractivity contribution < 1.29 is 24.0 Å². The number of amides is 2. The van der Waals surface area contributed by atoms with Crippen molar-refractivity contribution in [1.29, 1.82) is 0 Å². The maximum absolute atomic E-state index is 13.2. The predicted octanol–water partition coefficient (Wildman–Crippen LogP) is 4.17. The first-order valence-corrected chi connectivity index (χ1v) is 13.0. The van der Waals surface area contributed by atoms with Crippen LogP contribution in [0.3, 0.4) is 0 Å². The van der Waals surface area contributed by atoms with Crippen LogP contribution in [0.25, 0.3) is 0 Å². The molecule has 9 nitrogen and oxygen atoms in total. The van der Waals surface area contributed by atoms with E-state index in [1.807, 2.05) is 51.1 Å². The highest BCUT2D eigenvalue weighted by Gasteiger charge is 2.56. The van der Waals surface area contributed by atoms with Gasteiger partial charge >= 0.3 is 5.97 Å². The molecule has 2 aromatic rings. The van der Waals surface area contributed by atoms with E-state index in [9.17, 15) is 24.5 Å². The van der Waals surface area contributed by atoms with Crippen molar-refractivity contribution in [2.75, 3.05) is 0 Å². The lowest BCUT2D eigenvalue weighted by Gasteiger charge is -2.45. The molecule has 3 atom stereocenters. The molecule has 10 heteroatoms. The van der Waals surface area contributed by atoms with Crippen LogP contribution < -0.4 is 5.32 Å². The Balaban J connectivity index is 1.45. The minimum absolute atomic E-state index is 0.0516. The highest BCUT2D eigenvalue weighted by molar-refractivity contribution is 8.03. The number of benzene rings is 2. The summed E-state index contributed by atoms with van der Waals surface area (Å²) in [5.41, 5.74) is 1.68. The van der Waals surface area contributed by atoms with Crippen LogP contribution in [-0.4, -0.2) is 39.0 Å². The van der Waals surface area contributed by atoms with Crippen LogP contribution in [0.4, 0.5) is 5.69 Å². The highest BCUT2D eigenvalue weighted by Crippen LogP contribution is 2.49. The number of nitro groups is 1. The SMILES string of the molecule is CC(NC(=O)Cc1ccccc1)SC1=C(C(=O)OCc2ccc([N+](=O)[O-])cc2)N2C(=O)C(C(C)C)C2C1. The lowest BCUT2D eigenvalue weighted by atomic mass is 9.79. The second-order valence-electron chi connectivity index (χ2n) is 9.51. The van der Waals surface area contributed by atoms with Gasteiger partial charge in [0.05, 0.1) is 28.7 Å². The third-order valence-corrected chi connectivity index (χ3v) is 7.60. The first-order valence-electron chi connectivity index (χ1n) is 12.1. The number of hydrogen-bond acceptors (Lipinski definition) is 7. The number of carbonyl (C=O) groups is 3. The molecule has 0 spiro atoms. The van der Waals surface area contributed by atoms with Crippen molar-refractivity contribution in [2.24, 2.45) is 11.8 Å². The number of rotatable bonds is 10. The van der Waals surface area contributed by atoms with Crippen LogP contribution >= 0.6 is 11.8 Å². The largest absolute Gasteiger partial charge is 0.456 e. The maximum atomic E-state index is 13.2. The molecule has 0 bridgehead atoms. The zero-order valence-electron chi connectivity index (χ0n) is 20.9. The van der Waals surface area contributed by atoms with Gasteiger partial charge in [-0.2, -0.15) is 0 Å². The van der Waals surface area contributed by atoms with Gasteiger partial charge in [0.1, 0.15) is 12.3 Å². The van der Waals surface area contributed by atoms with Crippen molar-refractivity contribution >= 4 is 35.2 Å². The summed E-state index contributed by atoms with van der Waals surface area (Å²) in [4.78, 5) is 51.2. The van der Waals surface area contributed by atoms with E-state index >= 15 is 0 Å². The topological polar surface area (TPSA) is 119 Å². The van der Waals surface area contributed by atoms with E-state index < -0.39 is 10.9 Å². The number of nitro benzene ring substituents is 1. The first kappa shape index (κ1) is 26.4. The number of hydrogen-bond donors (Lipinski definition) is 1. The Bertz CT molecular complexity index is 1230. The number of esters is 1. The third kappa shape index (κ3) is 5.85. The summed E-state index contributed by atoms with van der Waals surface area (Å²) >= 11 is 1.35. The molecule has 2 aliphatic heterocycles. The number of thioether (sulfide) groups is 1. The molecule has 4 rings (SSSR count). The molecule has 0 aliphatic carbocycles. The molecule has 194 valence electrons. The Morgan fingerprint density at radius 3 is 2.41 bits per heavy atom. The fourth-order valence-electron chi connectivity index (χ4n) is 4.76. The van der Waals surface area contributed by atoms with E-state index in [1.165, 1.54) is 40.9 Å². The van der Waals surface area contributed by atoms with Gasteiger partial charge in [0.25, 0.3) is 5.69 Å². The summed E-state index contributed by atoms with van der Waals surface area (Å²) in [6.45, 7) is 5.74. The van der Waals surface area contributed by atoms with Crippen molar-refractivity contribution in [3.63, 3.8) is 0 Å². The van der Waals surface area contributed by atoms with Gasteiger partial charge in [-0.15, -0.1) is 11.8 Å². The van der Waals surface area contributed by atoms with E-state index in [4.69, 9.17) is 4.74 Å². The van der Waals surface area contributed by atoms with Crippen LogP contribution in [0.2, 0.25) is 0 Å². The molecular formula is C27H29N3O6S. The van der Waals surface area contributed by atoms with Gasteiger partial charge in [-0.25, -0.2) is 4.79 Å². The van der Waals surface area contributed by atoms with Crippen LogP contribution in [0.1, 0.15) is 38.3 Å². The Hall–Kier alpha value is -3.66. The summed E-state index contributed by atoms with van der Waals surface area (Å²) in [6, 6.07) is 15.1. The number of ether oxygens (including phenoxy) is 1. The molecule has 1 fully saturated rings. The van der Waals surface area contributed by atoms with Gasteiger partial charge in [-0.05, 0) is 36.1 Å². The Kier molecular flexibility index (Phi) is 7.97. The van der Waals surface area contributed by atoms with E-state index in [2.05, 4.69) is 5.32 Å². The molecule has 2 aromatic carbocycles. The Labute approximate surface area is 219 Å². The smallest absolute Gasteiger partial charge is 0.356 e. The summed E-state index contributed by atoms with van der Waals surface area (Å²) in [7, 11) is 0. The van der Waals surface area contributed by atoms with Gasteiger partial charge in [0.15, 0.2) is 0 Å². The second-order valence-corrected chi connectivity index (χ2v) is 10.9. The predicted molar refractivity (Wildman–Crippen MR) is 139 cm³/mol. The summed E-state index contributed by atoms with van der Waals surface area (Å²) in [6.07, 6.45) is 0.775. The lowest BCUT2D eigenvalue weighted by molar-refractivity contribution is -0.384. The van der Waals surface area contributed by atoms with E-state index in [1.54, 1.807) is 0 Å². The second kappa shape index (κ2) is 11.2. The molecule has 2 heterocycles. The third-order valence-electron chi connectivity index (χ3n) is 6.49. The Morgan fingerprint density at radius 2 is 1.78 bits per heavy atom. The number of non-ortho nitro benzene ring substituents is 1. The van der Waals surface area contributed by atoms with Crippen molar-refractivity contribution in [1.82, 2.24) is 10.2 Å². The summed E-state index contributed by atoms with van der Waals surface area (Å²) in [5.74, 6) is -0.885.